The topological polar surface area (TPSA) is 85.6 Å². The van der Waals surface area contributed by atoms with E-state index >= 15 is 0 Å². The third-order valence-electron chi connectivity index (χ3n) is 4.48. The molecule has 2 heterocycles. The van der Waals surface area contributed by atoms with Gasteiger partial charge in [0.15, 0.2) is 5.13 Å². The molecule has 4 aromatic rings. The molecule has 0 saturated carbocycles. The molecular formula is C20H15F3N6OS. The zero-order valence-corrected chi connectivity index (χ0v) is 16.9. The van der Waals surface area contributed by atoms with Crippen LogP contribution in [0.2, 0.25) is 0 Å². The van der Waals surface area contributed by atoms with Gasteiger partial charge in [0, 0.05) is 16.9 Å². The molecular weight excluding hydrogens is 429 g/mol. The lowest BCUT2D eigenvalue weighted by molar-refractivity contribution is -0.137. The van der Waals surface area contributed by atoms with Crippen LogP contribution >= 0.6 is 11.3 Å². The van der Waals surface area contributed by atoms with Crippen LogP contribution in [-0.2, 0) is 12.6 Å². The molecule has 31 heavy (non-hydrogen) atoms. The van der Waals surface area contributed by atoms with Gasteiger partial charge in [0.2, 0.25) is 0 Å². The third kappa shape index (κ3) is 4.77. The minimum absolute atomic E-state index is 0.296. The normalized spacial score (nSPS) is 11.5. The molecule has 0 aliphatic heterocycles. The predicted octanol–water partition coefficient (Wildman–Crippen LogP) is 4.29. The van der Waals surface area contributed by atoms with E-state index in [0.717, 1.165) is 17.0 Å². The highest BCUT2D eigenvalue weighted by molar-refractivity contribution is 7.15. The molecule has 1 N–H and O–H groups in total. The number of benzene rings is 2. The number of rotatable bonds is 5. The first-order valence-corrected chi connectivity index (χ1v) is 9.88. The van der Waals surface area contributed by atoms with Crippen molar-refractivity contribution in [1.29, 1.82) is 0 Å². The van der Waals surface area contributed by atoms with Crippen molar-refractivity contribution < 1.29 is 18.0 Å². The summed E-state index contributed by atoms with van der Waals surface area (Å²) in [5, 5.41) is 14.0. The second kappa shape index (κ2) is 8.26. The maximum Gasteiger partial charge on any atom is 0.416 e. The SMILES string of the molecule is Cc1nc(NC(=O)c2ccc(-n3cnnn3)cc2)sc1Cc1cccc(C(F)(F)F)c1. The number of anilines is 1. The van der Waals surface area contributed by atoms with Gasteiger partial charge in [0.05, 0.1) is 16.9 Å². The molecule has 2 aromatic carbocycles. The first-order valence-electron chi connectivity index (χ1n) is 9.07. The lowest BCUT2D eigenvalue weighted by Gasteiger charge is -2.08. The molecule has 0 radical (unpaired) electrons. The minimum Gasteiger partial charge on any atom is -0.298 e. The highest BCUT2D eigenvalue weighted by atomic mass is 32.1. The summed E-state index contributed by atoms with van der Waals surface area (Å²) in [4.78, 5) is 17.6. The van der Waals surface area contributed by atoms with E-state index in [1.807, 2.05) is 0 Å². The quantitative estimate of drug-likeness (QED) is 0.496. The third-order valence-corrected chi connectivity index (χ3v) is 5.55. The van der Waals surface area contributed by atoms with Crippen molar-refractivity contribution in [3.8, 4) is 5.69 Å². The Morgan fingerprint density at radius 3 is 2.61 bits per heavy atom. The van der Waals surface area contributed by atoms with Crippen LogP contribution in [0.15, 0.2) is 54.9 Å². The predicted molar refractivity (Wildman–Crippen MR) is 108 cm³/mol. The van der Waals surface area contributed by atoms with Crippen molar-refractivity contribution >= 4 is 22.4 Å². The maximum absolute atomic E-state index is 12.9. The Labute approximate surface area is 178 Å². The maximum atomic E-state index is 12.9. The number of hydrogen-bond donors (Lipinski definition) is 1. The van der Waals surface area contributed by atoms with Crippen molar-refractivity contribution in [2.24, 2.45) is 0 Å². The lowest BCUT2D eigenvalue weighted by Crippen LogP contribution is -2.11. The fourth-order valence-corrected chi connectivity index (χ4v) is 3.89. The molecule has 0 aliphatic rings. The van der Waals surface area contributed by atoms with Crippen molar-refractivity contribution in [2.45, 2.75) is 19.5 Å². The van der Waals surface area contributed by atoms with Gasteiger partial charge >= 0.3 is 6.18 Å². The zero-order valence-electron chi connectivity index (χ0n) is 16.1. The van der Waals surface area contributed by atoms with Gasteiger partial charge in [-0.2, -0.15) is 13.2 Å². The van der Waals surface area contributed by atoms with Crippen LogP contribution in [0.25, 0.3) is 5.69 Å². The van der Waals surface area contributed by atoms with Crippen molar-refractivity contribution in [2.75, 3.05) is 5.32 Å². The van der Waals surface area contributed by atoms with Gasteiger partial charge < -0.3 is 0 Å². The van der Waals surface area contributed by atoms with E-state index in [1.54, 1.807) is 37.3 Å². The van der Waals surface area contributed by atoms with Crippen molar-refractivity contribution in [1.82, 2.24) is 25.2 Å². The number of halogens is 3. The highest BCUT2D eigenvalue weighted by Gasteiger charge is 2.30. The number of tetrazole rings is 1. The van der Waals surface area contributed by atoms with Crippen LogP contribution in [0.4, 0.5) is 18.3 Å². The fraction of sp³-hybridized carbons (Fsp3) is 0.150. The van der Waals surface area contributed by atoms with Gasteiger partial charge in [-0.3, -0.25) is 10.1 Å². The van der Waals surface area contributed by atoms with Crippen LogP contribution in [0.3, 0.4) is 0 Å². The average molecular weight is 444 g/mol. The average Bonchev–Trinajstić information content (AvgIpc) is 3.38. The Morgan fingerprint density at radius 2 is 1.94 bits per heavy atom. The first-order chi connectivity index (χ1) is 14.8. The number of amides is 1. The molecule has 158 valence electrons. The zero-order chi connectivity index (χ0) is 22.0. The van der Waals surface area contributed by atoms with Crippen molar-refractivity contribution in [3.63, 3.8) is 0 Å². The summed E-state index contributed by atoms with van der Waals surface area (Å²) in [6.45, 7) is 1.76. The molecule has 7 nitrogen and oxygen atoms in total. The van der Waals surface area contributed by atoms with Crippen molar-refractivity contribution in [3.05, 3.63) is 82.1 Å². The molecule has 0 aliphatic carbocycles. The monoisotopic (exact) mass is 444 g/mol. The van der Waals surface area contributed by atoms with Crippen LogP contribution in [0, 0.1) is 6.92 Å². The molecule has 0 atom stereocenters. The van der Waals surface area contributed by atoms with Crippen LogP contribution in [0.1, 0.15) is 32.1 Å². The largest absolute Gasteiger partial charge is 0.416 e. The lowest BCUT2D eigenvalue weighted by atomic mass is 10.1. The van der Waals surface area contributed by atoms with E-state index in [0.29, 0.717) is 34.1 Å². The number of aryl methyl sites for hydroxylation is 1. The summed E-state index contributed by atoms with van der Waals surface area (Å²) in [7, 11) is 0. The Hall–Kier alpha value is -3.60. The molecule has 0 bridgehead atoms. The van der Waals surface area contributed by atoms with E-state index in [1.165, 1.54) is 28.4 Å². The van der Waals surface area contributed by atoms with E-state index in [2.05, 4.69) is 25.8 Å². The van der Waals surface area contributed by atoms with E-state index in [-0.39, 0.29) is 5.91 Å². The number of carbonyl (C=O) groups is 1. The first kappa shape index (κ1) is 20.7. The van der Waals surface area contributed by atoms with E-state index in [4.69, 9.17) is 0 Å². The molecule has 0 spiro atoms. The smallest absolute Gasteiger partial charge is 0.298 e. The van der Waals surface area contributed by atoms with Crippen LogP contribution in [-0.4, -0.2) is 31.1 Å². The second-order valence-corrected chi connectivity index (χ2v) is 7.74. The number of nitrogens with one attached hydrogen (secondary N) is 1. The Bertz CT molecular complexity index is 1200. The van der Waals surface area contributed by atoms with Gasteiger partial charge in [-0.15, -0.1) is 16.4 Å². The van der Waals surface area contributed by atoms with Crippen LogP contribution in [0.5, 0.6) is 0 Å². The molecule has 11 heteroatoms. The summed E-state index contributed by atoms with van der Waals surface area (Å²) in [6, 6.07) is 11.9. The summed E-state index contributed by atoms with van der Waals surface area (Å²) in [5.41, 5.74) is 1.62. The summed E-state index contributed by atoms with van der Waals surface area (Å²) in [5.74, 6) is -0.345. The molecule has 2 aromatic heterocycles. The van der Waals surface area contributed by atoms with Gasteiger partial charge in [0.25, 0.3) is 5.91 Å². The number of nitrogens with zero attached hydrogens (tertiary/aromatic N) is 5. The Balaban J connectivity index is 1.46. The minimum atomic E-state index is -4.39. The molecule has 4 rings (SSSR count). The van der Waals surface area contributed by atoms with Gasteiger partial charge in [-0.05, 0) is 53.2 Å². The summed E-state index contributed by atoms with van der Waals surface area (Å²) >= 11 is 1.24. The number of alkyl halides is 3. The molecule has 1 amide bonds. The fourth-order valence-electron chi connectivity index (χ4n) is 2.90. The van der Waals surface area contributed by atoms with Gasteiger partial charge in [-0.1, -0.05) is 18.2 Å². The van der Waals surface area contributed by atoms with E-state index in [9.17, 15) is 18.0 Å². The Kier molecular flexibility index (Phi) is 5.51. The number of aromatic nitrogens is 5. The number of thiazole rings is 1. The van der Waals surface area contributed by atoms with Crippen LogP contribution < -0.4 is 5.32 Å². The highest BCUT2D eigenvalue weighted by Crippen LogP contribution is 2.31. The molecule has 0 unspecified atom stereocenters. The summed E-state index contributed by atoms with van der Waals surface area (Å²) < 4.78 is 40.3. The summed E-state index contributed by atoms with van der Waals surface area (Å²) in [6.07, 6.45) is -2.65. The number of hydrogen-bond acceptors (Lipinski definition) is 6. The van der Waals surface area contributed by atoms with Gasteiger partial charge in [-0.25, -0.2) is 9.67 Å². The van der Waals surface area contributed by atoms with Gasteiger partial charge in [0.1, 0.15) is 6.33 Å². The number of carbonyl (C=O) groups excluding carboxylic acids is 1. The molecule has 0 fully saturated rings. The van der Waals surface area contributed by atoms with E-state index < -0.39 is 11.7 Å². The Morgan fingerprint density at radius 1 is 1.16 bits per heavy atom. The second-order valence-electron chi connectivity index (χ2n) is 6.66. The standard InChI is InChI=1S/C20H15F3N6OS/c1-12-17(10-13-3-2-4-15(9-13)20(21,22)23)31-19(25-12)26-18(30)14-5-7-16(8-6-14)29-11-24-27-28-29/h2-9,11H,10H2,1H3,(H,25,26,30). The molecule has 0 saturated heterocycles.